The van der Waals surface area contributed by atoms with Gasteiger partial charge >= 0.3 is 39.5 Å². The summed E-state index contributed by atoms with van der Waals surface area (Å²) >= 11 is 0. The van der Waals surface area contributed by atoms with Crippen molar-refractivity contribution in [2.45, 2.75) is 407 Å². The summed E-state index contributed by atoms with van der Waals surface area (Å²) in [4.78, 5) is 72.5. The maximum atomic E-state index is 13.1. The summed E-state index contributed by atoms with van der Waals surface area (Å²) in [7, 11) is -9.90. The quantitative estimate of drug-likeness (QED) is 0.0222. The molecule has 0 aliphatic heterocycles. The highest BCUT2D eigenvalue weighted by Gasteiger charge is 2.30. The Morgan fingerprint density at radius 3 is 0.809 bits per heavy atom. The largest absolute Gasteiger partial charge is 0.472 e. The highest BCUT2D eigenvalue weighted by molar-refractivity contribution is 7.47. The van der Waals surface area contributed by atoms with Crippen LogP contribution in [-0.2, 0) is 65.4 Å². The summed E-state index contributed by atoms with van der Waals surface area (Å²) < 4.78 is 68.3. The minimum atomic E-state index is -4.95. The first kappa shape index (κ1) is 92.1. The predicted molar refractivity (Wildman–Crippen MR) is 381 cm³/mol. The molecule has 0 fully saturated rings. The summed E-state index contributed by atoms with van der Waals surface area (Å²) in [6.45, 7) is 9.61. The Morgan fingerprint density at radius 1 is 0.309 bits per heavy atom. The number of carbonyl (C=O) groups excluding carboxylic acids is 4. The molecule has 19 heteroatoms. The molecule has 0 aromatic rings. The van der Waals surface area contributed by atoms with Crippen molar-refractivity contribution in [3.8, 4) is 0 Å². The number of unbranched alkanes of at least 4 members (excludes halogenated alkanes) is 43. The Morgan fingerprint density at radius 2 is 0.543 bits per heavy atom. The zero-order chi connectivity index (χ0) is 69.3. The van der Waals surface area contributed by atoms with E-state index in [1.54, 1.807) is 0 Å². The van der Waals surface area contributed by atoms with Crippen molar-refractivity contribution in [1.29, 1.82) is 0 Å². The van der Waals surface area contributed by atoms with E-state index in [9.17, 15) is 43.2 Å². The molecule has 17 nitrogen and oxygen atoms in total. The van der Waals surface area contributed by atoms with E-state index in [0.29, 0.717) is 25.7 Å². The zero-order valence-corrected chi connectivity index (χ0v) is 63.1. The number of phosphoric acid groups is 2. The molecular formula is C75H146O17P2. The van der Waals surface area contributed by atoms with Crippen LogP contribution in [0.25, 0.3) is 0 Å². The lowest BCUT2D eigenvalue weighted by Gasteiger charge is -2.21. The van der Waals surface area contributed by atoms with Crippen LogP contribution in [0.15, 0.2) is 0 Å². The third-order valence-corrected chi connectivity index (χ3v) is 19.7. The fourth-order valence-corrected chi connectivity index (χ4v) is 13.0. The molecular weight excluding hydrogens is 1230 g/mol. The predicted octanol–water partition coefficient (Wildman–Crippen LogP) is 21.9. The smallest absolute Gasteiger partial charge is 0.462 e. The molecule has 0 rings (SSSR count). The lowest BCUT2D eigenvalue weighted by molar-refractivity contribution is -0.161. The molecule has 0 aliphatic rings. The minimum Gasteiger partial charge on any atom is -0.462 e. The second-order valence-electron chi connectivity index (χ2n) is 27.8. The van der Waals surface area contributed by atoms with Crippen molar-refractivity contribution < 1.29 is 80.2 Å². The number of hydrogen-bond acceptors (Lipinski definition) is 15. The summed E-state index contributed by atoms with van der Waals surface area (Å²) in [6.07, 6.45) is 54.3. The van der Waals surface area contributed by atoms with Gasteiger partial charge in [0.15, 0.2) is 12.2 Å². The molecule has 0 heterocycles. The van der Waals surface area contributed by atoms with Crippen LogP contribution in [0.1, 0.15) is 388 Å². The van der Waals surface area contributed by atoms with Crippen LogP contribution in [0.5, 0.6) is 0 Å². The van der Waals surface area contributed by atoms with Gasteiger partial charge in [0.2, 0.25) is 0 Å². The molecule has 0 radical (unpaired) electrons. The summed E-state index contributed by atoms with van der Waals surface area (Å²) in [6, 6.07) is 0. The van der Waals surface area contributed by atoms with Gasteiger partial charge in [0.05, 0.1) is 26.4 Å². The van der Waals surface area contributed by atoms with Crippen LogP contribution in [-0.4, -0.2) is 96.7 Å². The maximum absolute atomic E-state index is 13.1. The Bertz CT molecular complexity index is 1820. The van der Waals surface area contributed by atoms with E-state index in [1.165, 1.54) is 193 Å². The Hall–Kier alpha value is -1.94. The maximum Gasteiger partial charge on any atom is 0.472 e. The highest BCUT2D eigenvalue weighted by Crippen LogP contribution is 2.45. The average molecular weight is 1380 g/mol. The fraction of sp³-hybridized carbons (Fsp3) is 0.947. The van der Waals surface area contributed by atoms with Gasteiger partial charge in [0, 0.05) is 25.7 Å². The first-order valence-corrected chi connectivity index (χ1v) is 42.0. The minimum absolute atomic E-state index is 0.105. The lowest BCUT2D eigenvalue weighted by atomic mass is 9.99. The Balaban J connectivity index is 5.13. The van der Waals surface area contributed by atoms with E-state index in [0.717, 1.165) is 115 Å². The first-order chi connectivity index (χ1) is 45.4. The Labute approximate surface area is 575 Å². The lowest BCUT2D eigenvalue weighted by Crippen LogP contribution is -2.30. The van der Waals surface area contributed by atoms with E-state index in [-0.39, 0.29) is 25.7 Å². The highest BCUT2D eigenvalue weighted by atomic mass is 31.2. The SMILES string of the molecule is CCCCCCCCCCCC(=O)O[C@H](COC(=O)CCCCCCCCC)COP(=O)(O)OC[C@H](O)COP(=O)(O)OC[C@@H](COC(=O)CCCCCCCCCCCCCCCC(C)C)OC(=O)CCCCCCCCCCCCCCCCCCCCC(C)CC. The van der Waals surface area contributed by atoms with Gasteiger partial charge in [-0.3, -0.25) is 37.3 Å². The van der Waals surface area contributed by atoms with E-state index in [4.69, 9.17) is 37.0 Å². The van der Waals surface area contributed by atoms with Crippen LogP contribution in [0, 0.1) is 11.8 Å². The summed E-state index contributed by atoms with van der Waals surface area (Å²) in [5.74, 6) is -0.462. The number of carbonyl (C=O) groups is 4. The van der Waals surface area contributed by atoms with Crippen LogP contribution >= 0.6 is 15.6 Å². The van der Waals surface area contributed by atoms with Crippen molar-refractivity contribution in [2.75, 3.05) is 39.6 Å². The number of phosphoric ester groups is 2. The Kier molecular flexibility index (Phi) is 65.5. The first-order valence-electron chi connectivity index (χ1n) is 39.0. The van der Waals surface area contributed by atoms with Gasteiger partial charge < -0.3 is 33.8 Å². The molecule has 0 aliphatic carbocycles. The topological polar surface area (TPSA) is 237 Å². The second-order valence-corrected chi connectivity index (χ2v) is 30.7. The normalized spacial score (nSPS) is 14.3. The van der Waals surface area contributed by atoms with E-state index in [2.05, 4.69) is 41.5 Å². The van der Waals surface area contributed by atoms with Gasteiger partial charge in [0.1, 0.15) is 19.3 Å². The molecule has 0 bridgehead atoms. The van der Waals surface area contributed by atoms with Gasteiger partial charge in [-0.15, -0.1) is 0 Å². The average Bonchev–Trinajstić information content (AvgIpc) is 1.34. The molecule has 0 aromatic heterocycles. The molecule has 0 saturated heterocycles. The number of aliphatic hydroxyl groups is 1. The molecule has 0 amide bonds. The van der Waals surface area contributed by atoms with Crippen molar-refractivity contribution >= 4 is 39.5 Å². The number of aliphatic hydroxyl groups excluding tert-OH is 1. The molecule has 94 heavy (non-hydrogen) atoms. The fourth-order valence-electron chi connectivity index (χ4n) is 11.4. The van der Waals surface area contributed by atoms with Crippen LogP contribution in [0.3, 0.4) is 0 Å². The van der Waals surface area contributed by atoms with Gasteiger partial charge in [-0.25, -0.2) is 9.13 Å². The van der Waals surface area contributed by atoms with E-state index in [1.807, 2.05) is 0 Å². The number of rotatable bonds is 74. The van der Waals surface area contributed by atoms with E-state index >= 15 is 0 Å². The molecule has 6 atom stereocenters. The molecule has 3 N–H and O–H groups in total. The number of hydrogen-bond donors (Lipinski definition) is 3. The van der Waals surface area contributed by atoms with Crippen LogP contribution in [0.4, 0.5) is 0 Å². The van der Waals surface area contributed by atoms with Gasteiger partial charge in [-0.2, -0.15) is 0 Å². The third-order valence-electron chi connectivity index (χ3n) is 17.8. The summed E-state index contributed by atoms with van der Waals surface area (Å²) in [5, 5.41) is 10.6. The van der Waals surface area contributed by atoms with E-state index < -0.39 is 97.5 Å². The van der Waals surface area contributed by atoms with Crippen molar-refractivity contribution in [1.82, 2.24) is 0 Å². The summed E-state index contributed by atoms with van der Waals surface area (Å²) in [5.41, 5.74) is 0. The van der Waals surface area contributed by atoms with Crippen LogP contribution in [0.2, 0.25) is 0 Å². The van der Waals surface area contributed by atoms with Crippen molar-refractivity contribution in [3.63, 3.8) is 0 Å². The van der Waals surface area contributed by atoms with Crippen molar-refractivity contribution in [3.05, 3.63) is 0 Å². The second kappa shape index (κ2) is 66.9. The molecule has 3 unspecified atom stereocenters. The standard InChI is InChI=1S/C75H146O17P2/c1-7-10-12-14-16-32-41-47-53-59-74(79)91-70(63-85-72(77)57-51-45-37-15-13-11-8-2)65-89-93(81,82)87-61-69(76)62-88-94(83,84)90-66-71(64-86-73(78)58-52-46-40-35-30-27-23-24-28-33-38-43-49-55-67(4)5)92-75(80)60-54-48-42-36-31-26-22-20-18-17-19-21-25-29-34-39-44-50-56-68(6)9-3/h67-71,76H,7-66H2,1-6H3,(H,81,82)(H,83,84)/t68?,69-,70+,71+/m0/s1. The van der Waals surface area contributed by atoms with Gasteiger partial charge in [-0.05, 0) is 37.5 Å². The monoisotopic (exact) mass is 1380 g/mol. The molecule has 0 spiro atoms. The molecule has 0 aromatic carbocycles. The van der Waals surface area contributed by atoms with Crippen molar-refractivity contribution in [2.24, 2.45) is 11.8 Å². The number of ether oxygens (including phenoxy) is 4. The molecule has 0 saturated carbocycles. The van der Waals surface area contributed by atoms with Gasteiger partial charge in [0.25, 0.3) is 0 Å². The number of esters is 4. The van der Waals surface area contributed by atoms with Crippen LogP contribution < -0.4 is 0 Å². The third kappa shape index (κ3) is 67.3. The molecule has 558 valence electrons. The zero-order valence-electron chi connectivity index (χ0n) is 61.3. The van der Waals surface area contributed by atoms with Gasteiger partial charge in [-0.1, -0.05) is 337 Å².